The van der Waals surface area contributed by atoms with Gasteiger partial charge >= 0.3 is 18.2 Å². The molecule has 13 rings (SSSR count). The number of nitrogens with two attached hydrogens (primary N) is 1. The van der Waals surface area contributed by atoms with Crippen LogP contribution in [0.15, 0.2) is 97.1 Å². The van der Waals surface area contributed by atoms with Crippen molar-refractivity contribution >= 4 is 95.5 Å². The highest BCUT2D eigenvalue weighted by atomic mass is 35.7. The SMILES string of the molecule is C.C.C.C.C.CC(C)(C)OC(=O)N1CCC[C@@H]1C(=O)O.CN(C)C(=O)C1CNC1.Cc1ccc(CN)cc1.Cc1ccc(CNC(=O)[C@H]2CCCN2C(=O)[C@H]2CCCN(C(=O)OC(C)(C)C)C2)cc1.Cc1ccc(CNC(=O)[C@H]2CCCN2C(=O)[C@H]2CCCN(S(=O)(=O)Cl)C2)cc1.Cc1ccc(CNC(=O)[C@H]2CCCN2C(=O)[C@H]2CCCN(S(=O)(=O)N3CC(C(=O)N(C)C)C3)C2)cc1. The first-order chi connectivity index (χ1) is 60.3. The van der Waals surface area contributed by atoms with Crippen molar-refractivity contribution in [2.75, 3.05) is 120 Å². The van der Waals surface area contributed by atoms with Crippen LogP contribution < -0.4 is 27.0 Å². The summed E-state index contributed by atoms with van der Waals surface area (Å²) in [7, 11) is 4.78. The minimum Gasteiger partial charge on any atom is -0.480 e. The van der Waals surface area contributed by atoms with Gasteiger partial charge in [-0.2, -0.15) is 29.8 Å². The minimum atomic E-state index is -3.83. The van der Waals surface area contributed by atoms with Gasteiger partial charge in [-0.3, -0.25) is 43.3 Å². The van der Waals surface area contributed by atoms with Gasteiger partial charge in [-0.1, -0.05) is 156 Å². The fraction of sp³-hybridized carbons (Fsp3) is 0.639. The molecule has 36 heteroatoms. The number of ether oxygens (including phenoxy) is 2. The highest BCUT2D eigenvalue weighted by Crippen LogP contribution is 2.33. The molecule has 9 heterocycles. The normalized spacial score (nSPS) is 20.8. The number of piperidine rings is 3. The summed E-state index contributed by atoms with van der Waals surface area (Å²) in [6, 6.07) is 30.0. The lowest BCUT2D eigenvalue weighted by Crippen LogP contribution is -2.60. The monoisotopic (exact) mass is 1920 g/mol. The first-order valence-corrected chi connectivity index (χ1v) is 48.4. The molecule has 9 aliphatic rings. The largest absolute Gasteiger partial charge is 0.480 e. The average Bonchev–Trinajstić information content (AvgIpc) is 1.42. The van der Waals surface area contributed by atoms with E-state index in [1.807, 2.05) is 114 Å². The molecular weight excluding hydrogens is 1760 g/mol. The molecular formula is C97H158ClN15O18S2. The molecule has 748 valence electrons. The molecule has 0 saturated carbocycles. The molecule has 4 aromatic carbocycles. The molecule has 4 aromatic rings. The fourth-order valence-electron chi connectivity index (χ4n) is 16.4. The zero-order chi connectivity index (χ0) is 94.1. The standard InChI is InChI=1S/C25H37N5O5S.C24H35N3O4.C19H26ClN3O4S.C10H17NO4.C8H11N.C6H12N2O.5CH4/c1-18-8-10-19(11-9-18)14-26-23(31)22-7-5-13-30(22)25(33)20-6-4-12-28(15-20)36(34,35)29-16-21(17-29)24(32)27(2)3;1-17-9-11-18(12-10-17)15-25-21(28)20-8-6-14-27(20)22(29)19-7-5-13-26(16-19)23(30)31-24(2,3)4;1-14-6-8-15(9-7-14)12-21-18(24)17-5-3-11-23(17)19(25)16-4-2-10-22(13-16)28(20,26)27;1-10(2,3)15-9(14)11-6-4-5-7(11)8(12)13;1-7-2-4-8(6-9)5-3-7;1-8(2)6(9)5-3-7-4-5;;;;;/h8-11,20-22H,4-7,12-17H2,1-3H3,(H,26,31);9-12,19-20H,5-8,13-16H2,1-4H3,(H,25,28);6-9,16-17H,2-5,10-13H2,1H3,(H,21,24);7H,4-6H2,1-3H3,(H,12,13);2-5H,6,9H2,1H3;5,7H,3-4H2,1-2H3;5*1H4/t20-,22+;19-,20+;16-,17+;7-;;;;;;;/m0001......./s1. The van der Waals surface area contributed by atoms with E-state index in [4.69, 9.17) is 31.0 Å². The van der Waals surface area contributed by atoms with Crippen LogP contribution in [0.1, 0.15) is 213 Å². The fourth-order valence-corrected chi connectivity index (χ4v) is 19.3. The first-order valence-electron chi connectivity index (χ1n) is 44.8. The lowest BCUT2D eigenvalue weighted by Gasteiger charge is -2.42. The summed E-state index contributed by atoms with van der Waals surface area (Å²) in [5.41, 5.74) is 13.3. The van der Waals surface area contributed by atoms with Crippen LogP contribution in [0.25, 0.3) is 0 Å². The average molecular weight is 1920 g/mol. The maximum absolute atomic E-state index is 13.4. The Morgan fingerprint density at radius 1 is 0.406 bits per heavy atom. The van der Waals surface area contributed by atoms with E-state index in [0.29, 0.717) is 130 Å². The van der Waals surface area contributed by atoms with E-state index in [2.05, 4.69) is 52.5 Å². The quantitative estimate of drug-likeness (QED) is 0.0475. The Balaban J connectivity index is 0.000000433. The van der Waals surface area contributed by atoms with Gasteiger partial charge < -0.3 is 71.0 Å². The highest BCUT2D eigenvalue weighted by molar-refractivity contribution is 8.11. The zero-order valence-electron chi connectivity index (χ0n) is 77.2. The zero-order valence-corrected chi connectivity index (χ0v) is 79.6. The molecule has 33 nitrogen and oxygen atoms in total. The van der Waals surface area contributed by atoms with Crippen molar-refractivity contribution in [3.05, 3.63) is 142 Å². The van der Waals surface area contributed by atoms with Crippen molar-refractivity contribution in [3.8, 4) is 0 Å². The molecule has 9 aliphatic heterocycles. The number of carbonyl (C=O) groups excluding carboxylic acids is 10. The Morgan fingerprint density at radius 2 is 0.707 bits per heavy atom. The lowest BCUT2D eigenvalue weighted by molar-refractivity contribution is -0.143. The Labute approximate surface area is 798 Å². The number of hydrogen-bond donors (Lipinski definition) is 6. The molecule has 0 aromatic heterocycles. The van der Waals surface area contributed by atoms with Gasteiger partial charge in [0.05, 0.1) is 29.6 Å². The number of halogens is 1. The highest BCUT2D eigenvalue weighted by Gasteiger charge is 2.48. The Bertz CT molecular complexity index is 4640. The molecule has 133 heavy (non-hydrogen) atoms. The van der Waals surface area contributed by atoms with E-state index in [1.54, 1.807) is 73.5 Å². The molecule has 0 spiro atoms. The van der Waals surface area contributed by atoms with Gasteiger partial charge in [0.1, 0.15) is 35.4 Å². The van der Waals surface area contributed by atoms with Crippen LogP contribution in [0.2, 0.25) is 0 Å². The summed E-state index contributed by atoms with van der Waals surface area (Å²) >= 11 is 0. The second-order valence-electron chi connectivity index (χ2n) is 37.0. The van der Waals surface area contributed by atoms with Crippen LogP contribution in [-0.2, 0) is 98.2 Å². The van der Waals surface area contributed by atoms with Crippen molar-refractivity contribution in [2.24, 2.45) is 35.3 Å². The number of nitrogens with one attached hydrogen (secondary N) is 4. The molecule has 0 unspecified atom stereocenters. The molecule has 9 fully saturated rings. The van der Waals surface area contributed by atoms with Crippen LogP contribution in [-0.4, -0.2) is 290 Å². The van der Waals surface area contributed by atoms with E-state index < -0.39 is 78.7 Å². The second-order valence-corrected chi connectivity index (χ2v) is 41.4. The molecule has 0 aliphatic carbocycles. The predicted molar refractivity (Wildman–Crippen MR) is 521 cm³/mol. The molecule has 9 saturated heterocycles. The van der Waals surface area contributed by atoms with E-state index in [-0.39, 0.29) is 134 Å². The minimum absolute atomic E-state index is 0. The summed E-state index contributed by atoms with van der Waals surface area (Å²) < 4.78 is 63.9. The topological polar surface area (TPSA) is 401 Å². The Morgan fingerprint density at radius 3 is 1.03 bits per heavy atom. The van der Waals surface area contributed by atoms with Crippen molar-refractivity contribution in [3.63, 3.8) is 0 Å². The summed E-state index contributed by atoms with van der Waals surface area (Å²) in [5.74, 6) is -2.83. The van der Waals surface area contributed by atoms with Gasteiger partial charge in [0.2, 0.25) is 47.3 Å². The number of carboxylic acid groups (broad SMARTS) is 1. The number of carbonyl (C=O) groups is 11. The van der Waals surface area contributed by atoms with Crippen molar-refractivity contribution in [2.45, 2.75) is 258 Å². The number of carboxylic acids is 1. The molecule has 0 bridgehead atoms. The van der Waals surface area contributed by atoms with Gasteiger partial charge in [0, 0.05) is 157 Å². The summed E-state index contributed by atoms with van der Waals surface area (Å²) in [5, 5.41) is 20.8. The van der Waals surface area contributed by atoms with E-state index in [1.165, 1.54) is 35.1 Å². The van der Waals surface area contributed by atoms with E-state index >= 15 is 0 Å². The number of nitrogens with zero attached hydrogens (tertiary/aromatic N) is 10. The van der Waals surface area contributed by atoms with Gasteiger partial charge in [0.25, 0.3) is 19.4 Å². The van der Waals surface area contributed by atoms with Crippen LogP contribution in [0.3, 0.4) is 0 Å². The number of amides is 10. The van der Waals surface area contributed by atoms with Crippen LogP contribution in [0.5, 0.6) is 0 Å². The third-order valence-electron chi connectivity index (χ3n) is 23.9. The number of benzene rings is 4. The second kappa shape index (κ2) is 54.4. The first kappa shape index (κ1) is 118. The third-order valence-corrected chi connectivity index (χ3v) is 27.3. The maximum atomic E-state index is 13.4. The maximum Gasteiger partial charge on any atom is 0.411 e. The molecule has 7 N–H and O–H groups in total. The van der Waals surface area contributed by atoms with Crippen molar-refractivity contribution in [1.29, 1.82) is 0 Å². The van der Waals surface area contributed by atoms with Gasteiger partial charge in [-0.05, 0) is 181 Å². The number of rotatable bonds is 19. The number of likely N-dealkylation sites (tertiary alicyclic amines) is 5. The number of hydrogen-bond acceptors (Lipinski definition) is 19. The smallest absolute Gasteiger partial charge is 0.411 e. The molecule has 10 amide bonds. The third kappa shape index (κ3) is 35.7. The predicted octanol–water partition coefficient (Wildman–Crippen LogP) is 11.0. The van der Waals surface area contributed by atoms with Crippen molar-refractivity contribution < 1.29 is 84.2 Å². The Kier molecular flexibility index (Phi) is 48.2. The number of aryl methyl sites for hydroxylation is 4. The van der Waals surface area contributed by atoms with Crippen LogP contribution in [0, 0.1) is 57.3 Å². The Hall–Kier alpha value is -9.36. The van der Waals surface area contributed by atoms with E-state index in [0.717, 1.165) is 83.7 Å². The molecule has 7 atom stereocenters. The van der Waals surface area contributed by atoms with Gasteiger partial charge in [0.15, 0.2) is 0 Å². The summed E-state index contributed by atoms with van der Waals surface area (Å²) in [4.78, 5) is 147. The van der Waals surface area contributed by atoms with Gasteiger partial charge in [-0.15, -0.1) is 0 Å². The van der Waals surface area contributed by atoms with Crippen LogP contribution >= 0.6 is 10.7 Å². The van der Waals surface area contributed by atoms with Gasteiger partial charge in [-0.25, -0.2) is 14.4 Å². The van der Waals surface area contributed by atoms with E-state index in [9.17, 15) is 69.6 Å². The lowest BCUT2D eigenvalue weighted by atomic mass is 9.96. The van der Waals surface area contributed by atoms with Crippen LogP contribution in [0.4, 0.5) is 9.59 Å². The van der Waals surface area contributed by atoms with Crippen molar-refractivity contribution in [1.82, 2.24) is 68.5 Å². The number of aliphatic carboxylic acids is 1. The summed E-state index contributed by atoms with van der Waals surface area (Å²) in [6.45, 7) is 26.8. The molecule has 0 radical (unpaired) electrons. The summed E-state index contributed by atoms with van der Waals surface area (Å²) in [6.07, 6.45) is 8.40.